The van der Waals surface area contributed by atoms with E-state index in [2.05, 4.69) is 16.6 Å². The molecule has 0 bridgehead atoms. The fraction of sp³-hybridized carbons (Fsp3) is 0.375. The van der Waals surface area contributed by atoms with Gasteiger partial charge >= 0.3 is 0 Å². The summed E-state index contributed by atoms with van der Waals surface area (Å²) in [7, 11) is 0. The summed E-state index contributed by atoms with van der Waals surface area (Å²) >= 11 is 1.67. The number of rotatable bonds is 0. The molecule has 0 saturated carbocycles. The summed E-state index contributed by atoms with van der Waals surface area (Å²) in [4.78, 5) is 1.18. The highest BCUT2D eigenvalue weighted by molar-refractivity contribution is 7.12. The van der Waals surface area contributed by atoms with Crippen molar-refractivity contribution in [2.45, 2.75) is 19.3 Å². The average molecular weight is 167 g/mol. The first-order chi connectivity index (χ1) is 5.42. The number of oxime groups is 1. The zero-order chi connectivity index (χ0) is 7.68. The topological polar surface area (TPSA) is 32.6 Å². The highest BCUT2D eigenvalue weighted by Gasteiger charge is 2.16. The van der Waals surface area contributed by atoms with Crippen LogP contribution < -0.4 is 0 Å². The maximum Gasteiger partial charge on any atom is 0.0970 e. The number of nitrogens with zero attached hydrogens (tertiary/aromatic N) is 1. The van der Waals surface area contributed by atoms with Crippen molar-refractivity contribution in [2.24, 2.45) is 5.16 Å². The molecule has 0 amide bonds. The minimum Gasteiger partial charge on any atom is -0.411 e. The second-order valence-corrected chi connectivity index (χ2v) is 3.59. The predicted molar refractivity (Wildman–Crippen MR) is 45.6 cm³/mol. The van der Waals surface area contributed by atoms with Gasteiger partial charge in [0.15, 0.2) is 0 Å². The van der Waals surface area contributed by atoms with Gasteiger partial charge in [0.05, 0.1) is 10.6 Å². The van der Waals surface area contributed by atoms with Gasteiger partial charge in [0.2, 0.25) is 0 Å². The molecule has 0 spiro atoms. The van der Waals surface area contributed by atoms with Crippen molar-refractivity contribution in [3.8, 4) is 0 Å². The van der Waals surface area contributed by atoms with Gasteiger partial charge in [-0.3, -0.25) is 0 Å². The molecule has 1 aromatic heterocycles. The zero-order valence-corrected chi connectivity index (χ0v) is 6.90. The fourth-order valence-corrected chi connectivity index (χ4v) is 2.41. The normalized spacial score (nSPS) is 20.2. The molecular formula is C8H9NOS. The second-order valence-electron chi connectivity index (χ2n) is 2.68. The largest absolute Gasteiger partial charge is 0.411 e. The first-order valence-electron chi connectivity index (χ1n) is 3.69. The van der Waals surface area contributed by atoms with Gasteiger partial charge in [0.25, 0.3) is 0 Å². The van der Waals surface area contributed by atoms with E-state index in [1.165, 1.54) is 10.4 Å². The number of hydrogen-bond acceptors (Lipinski definition) is 3. The lowest BCUT2D eigenvalue weighted by Gasteiger charge is -2.10. The van der Waals surface area contributed by atoms with Gasteiger partial charge in [-0.05, 0) is 36.3 Å². The van der Waals surface area contributed by atoms with Gasteiger partial charge in [0.1, 0.15) is 0 Å². The third-order valence-corrected chi connectivity index (χ3v) is 2.99. The lowest BCUT2D eigenvalue weighted by Crippen LogP contribution is -2.08. The molecule has 0 atom stereocenters. The molecule has 1 aliphatic carbocycles. The van der Waals surface area contributed by atoms with Gasteiger partial charge in [-0.2, -0.15) is 0 Å². The Morgan fingerprint density at radius 1 is 1.45 bits per heavy atom. The van der Waals surface area contributed by atoms with Crippen LogP contribution in [0.25, 0.3) is 0 Å². The van der Waals surface area contributed by atoms with Crippen molar-refractivity contribution >= 4 is 17.0 Å². The van der Waals surface area contributed by atoms with Gasteiger partial charge in [-0.1, -0.05) is 5.16 Å². The van der Waals surface area contributed by atoms with Gasteiger partial charge in [-0.25, -0.2) is 0 Å². The molecule has 11 heavy (non-hydrogen) atoms. The van der Waals surface area contributed by atoms with Crippen LogP contribution in [0.15, 0.2) is 16.6 Å². The quantitative estimate of drug-likeness (QED) is 0.466. The van der Waals surface area contributed by atoms with E-state index in [1.807, 2.05) is 0 Å². The molecule has 2 rings (SSSR count). The molecule has 0 aromatic carbocycles. The Hall–Kier alpha value is -0.830. The van der Waals surface area contributed by atoms with Crippen LogP contribution in [0.2, 0.25) is 0 Å². The van der Waals surface area contributed by atoms with E-state index >= 15 is 0 Å². The first-order valence-corrected chi connectivity index (χ1v) is 4.57. The summed E-state index contributed by atoms with van der Waals surface area (Å²) in [6, 6.07) is 2.12. The van der Waals surface area contributed by atoms with Gasteiger partial charge in [0, 0.05) is 0 Å². The molecule has 1 aliphatic rings. The molecule has 0 saturated heterocycles. The lowest BCUT2D eigenvalue weighted by atomic mass is 9.98. The molecular weight excluding hydrogens is 158 g/mol. The Labute approximate surface area is 69.2 Å². The summed E-state index contributed by atoms with van der Waals surface area (Å²) in [5.74, 6) is 0. The summed E-state index contributed by atoms with van der Waals surface area (Å²) < 4.78 is 0. The molecule has 3 heteroatoms. The van der Waals surface area contributed by atoms with Gasteiger partial charge in [-0.15, -0.1) is 11.3 Å². The van der Waals surface area contributed by atoms with E-state index < -0.39 is 0 Å². The Kier molecular flexibility index (Phi) is 1.66. The number of aryl methyl sites for hydroxylation is 1. The highest BCUT2D eigenvalue weighted by atomic mass is 32.1. The van der Waals surface area contributed by atoms with Crippen molar-refractivity contribution in [2.75, 3.05) is 0 Å². The van der Waals surface area contributed by atoms with Gasteiger partial charge < -0.3 is 5.21 Å². The Morgan fingerprint density at radius 3 is 3.18 bits per heavy atom. The molecule has 2 nitrogen and oxygen atoms in total. The third kappa shape index (κ3) is 1.05. The van der Waals surface area contributed by atoms with Crippen molar-refractivity contribution in [1.82, 2.24) is 0 Å². The number of hydrogen-bond donors (Lipinski definition) is 1. The lowest BCUT2D eigenvalue weighted by molar-refractivity contribution is 0.317. The number of fused-ring (bicyclic) bond motifs is 1. The van der Waals surface area contributed by atoms with E-state index in [0.717, 1.165) is 25.0 Å². The zero-order valence-electron chi connectivity index (χ0n) is 6.08. The fourth-order valence-electron chi connectivity index (χ4n) is 1.44. The molecule has 1 N–H and O–H groups in total. The minimum atomic E-state index is 0.862. The van der Waals surface area contributed by atoms with E-state index in [1.54, 1.807) is 11.3 Å². The summed E-state index contributed by atoms with van der Waals surface area (Å²) in [5, 5.41) is 14.0. The van der Waals surface area contributed by atoms with Crippen LogP contribution in [-0.4, -0.2) is 10.9 Å². The maximum absolute atomic E-state index is 8.65. The van der Waals surface area contributed by atoms with Crippen LogP contribution in [-0.2, 0) is 6.42 Å². The van der Waals surface area contributed by atoms with Crippen molar-refractivity contribution in [3.05, 3.63) is 21.9 Å². The Bertz CT molecular complexity index is 290. The summed E-state index contributed by atoms with van der Waals surface area (Å²) in [5.41, 5.74) is 2.20. The SMILES string of the molecule is O/N=C1\CCCc2ccsc21. The first kappa shape index (κ1) is 6.85. The standard InChI is InChI=1S/C8H9NOS/c10-9-7-3-1-2-6-4-5-11-8(6)7/h4-5,10H,1-3H2/b9-7+. The van der Waals surface area contributed by atoms with Crippen LogP contribution >= 0.6 is 11.3 Å². The predicted octanol–water partition coefficient (Wildman–Crippen LogP) is 2.26. The van der Waals surface area contributed by atoms with E-state index in [-0.39, 0.29) is 0 Å². The van der Waals surface area contributed by atoms with Crippen molar-refractivity contribution in [3.63, 3.8) is 0 Å². The van der Waals surface area contributed by atoms with E-state index in [9.17, 15) is 0 Å². The monoisotopic (exact) mass is 167 g/mol. The molecule has 0 aliphatic heterocycles. The maximum atomic E-state index is 8.65. The Morgan fingerprint density at radius 2 is 2.36 bits per heavy atom. The summed E-state index contributed by atoms with van der Waals surface area (Å²) in [6.07, 6.45) is 3.17. The molecule has 0 radical (unpaired) electrons. The summed E-state index contributed by atoms with van der Waals surface area (Å²) in [6.45, 7) is 0. The van der Waals surface area contributed by atoms with Crippen molar-refractivity contribution in [1.29, 1.82) is 0 Å². The molecule has 0 unspecified atom stereocenters. The second kappa shape index (κ2) is 2.66. The third-order valence-electron chi connectivity index (χ3n) is 1.99. The molecule has 1 heterocycles. The van der Waals surface area contributed by atoms with Crippen LogP contribution in [0.1, 0.15) is 23.3 Å². The van der Waals surface area contributed by atoms with Crippen LogP contribution in [0.5, 0.6) is 0 Å². The molecule has 0 fully saturated rings. The van der Waals surface area contributed by atoms with Crippen molar-refractivity contribution < 1.29 is 5.21 Å². The van der Waals surface area contributed by atoms with E-state index in [4.69, 9.17) is 5.21 Å². The Balaban J connectivity index is 2.48. The minimum absolute atomic E-state index is 0.862. The highest BCUT2D eigenvalue weighted by Crippen LogP contribution is 2.26. The molecule has 1 aromatic rings. The average Bonchev–Trinajstić information content (AvgIpc) is 2.50. The molecule has 58 valence electrons. The van der Waals surface area contributed by atoms with Crippen LogP contribution in [0.4, 0.5) is 0 Å². The van der Waals surface area contributed by atoms with Crippen LogP contribution in [0, 0.1) is 0 Å². The number of thiophene rings is 1. The van der Waals surface area contributed by atoms with E-state index in [0.29, 0.717) is 0 Å². The van der Waals surface area contributed by atoms with Crippen LogP contribution in [0.3, 0.4) is 0 Å². The smallest absolute Gasteiger partial charge is 0.0970 e.